The lowest BCUT2D eigenvalue weighted by atomic mass is 9.75. The first-order valence-electron chi connectivity index (χ1n) is 5.50. The van der Waals surface area contributed by atoms with Crippen molar-refractivity contribution >= 4 is 5.69 Å². The molecule has 1 aromatic rings. The van der Waals surface area contributed by atoms with Gasteiger partial charge in [-0.2, -0.15) is 0 Å². The number of para-hydroxylation sites is 1. The Bertz CT molecular complexity index is 365. The summed E-state index contributed by atoms with van der Waals surface area (Å²) in [5.74, 6) is 0.451. The Balaban J connectivity index is 2.28. The van der Waals surface area contributed by atoms with Crippen LogP contribution in [0.2, 0.25) is 0 Å². The van der Waals surface area contributed by atoms with Gasteiger partial charge >= 0.3 is 0 Å². The van der Waals surface area contributed by atoms with Crippen LogP contribution >= 0.6 is 0 Å². The van der Waals surface area contributed by atoms with Gasteiger partial charge in [-0.25, -0.2) is 4.39 Å². The maximum atomic E-state index is 13.4. The topological polar surface area (TPSA) is 12.0 Å². The highest BCUT2D eigenvalue weighted by molar-refractivity contribution is 5.54. The molecule has 1 nitrogen and oxygen atoms in total. The van der Waals surface area contributed by atoms with E-state index in [4.69, 9.17) is 0 Å². The molecule has 2 heteroatoms. The fourth-order valence-corrected chi connectivity index (χ4v) is 2.11. The van der Waals surface area contributed by atoms with Crippen molar-refractivity contribution in [3.8, 4) is 0 Å². The van der Waals surface area contributed by atoms with Crippen molar-refractivity contribution in [1.29, 1.82) is 0 Å². The van der Waals surface area contributed by atoms with Gasteiger partial charge in [0.25, 0.3) is 0 Å². The van der Waals surface area contributed by atoms with Gasteiger partial charge in [0.05, 0.1) is 5.69 Å². The van der Waals surface area contributed by atoms with E-state index in [1.807, 2.05) is 6.07 Å². The number of hydrogen-bond acceptors (Lipinski definition) is 1. The highest BCUT2D eigenvalue weighted by Gasteiger charge is 2.29. The molecule has 2 rings (SSSR count). The fraction of sp³-hybridized carbons (Fsp3) is 0.538. The lowest BCUT2D eigenvalue weighted by Gasteiger charge is -2.35. The van der Waals surface area contributed by atoms with E-state index in [0.717, 1.165) is 18.5 Å². The number of hydrogen-bond donors (Lipinski definition) is 1. The number of anilines is 1. The van der Waals surface area contributed by atoms with Crippen LogP contribution in [0.15, 0.2) is 18.2 Å². The quantitative estimate of drug-likeness (QED) is 0.687. The lowest BCUT2D eigenvalue weighted by molar-refractivity contribution is 0.246. The van der Waals surface area contributed by atoms with Gasteiger partial charge < -0.3 is 5.32 Å². The fourth-order valence-electron chi connectivity index (χ4n) is 2.11. The van der Waals surface area contributed by atoms with Crippen molar-refractivity contribution in [2.75, 3.05) is 11.9 Å². The summed E-state index contributed by atoms with van der Waals surface area (Å²) in [6, 6.07) is 5.33. The Labute approximate surface area is 90.7 Å². The molecule has 1 N–H and O–H groups in total. The minimum atomic E-state index is -0.125. The molecule has 1 heterocycles. The van der Waals surface area contributed by atoms with Crippen LogP contribution in [-0.2, 0) is 6.42 Å². The smallest absolute Gasteiger partial charge is 0.146 e. The van der Waals surface area contributed by atoms with Crippen LogP contribution in [0.25, 0.3) is 0 Å². The summed E-state index contributed by atoms with van der Waals surface area (Å²) in [7, 11) is 0. The molecule has 0 amide bonds. The van der Waals surface area contributed by atoms with Crippen LogP contribution in [0.1, 0.15) is 26.3 Å². The van der Waals surface area contributed by atoms with Crippen molar-refractivity contribution in [2.24, 2.45) is 11.3 Å². The number of benzene rings is 1. The first-order chi connectivity index (χ1) is 6.98. The first-order valence-corrected chi connectivity index (χ1v) is 5.50. The summed E-state index contributed by atoms with van der Waals surface area (Å²) in [5.41, 5.74) is 2.09. The number of fused-ring (bicyclic) bond motifs is 1. The molecule has 1 aliphatic rings. The summed E-state index contributed by atoms with van der Waals surface area (Å²) in [5, 5.41) is 3.21. The van der Waals surface area contributed by atoms with Gasteiger partial charge in [0.15, 0.2) is 0 Å². The minimum absolute atomic E-state index is 0.125. The third-order valence-corrected chi connectivity index (χ3v) is 3.32. The SMILES string of the molecule is CC(C)(C)C1CNc2c(F)cccc2C1. The Kier molecular flexibility index (Phi) is 2.45. The average Bonchev–Trinajstić information content (AvgIpc) is 2.16. The molecule has 0 saturated carbocycles. The number of rotatable bonds is 0. The molecule has 0 fully saturated rings. The normalized spacial score (nSPS) is 20.7. The molecule has 15 heavy (non-hydrogen) atoms. The van der Waals surface area contributed by atoms with Gasteiger partial charge in [0.1, 0.15) is 5.82 Å². The van der Waals surface area contributed by atoms with E-state index in [0.29, 0.717) is 11.6 Å². The molecule has 1 unspecified atom stereocenters. The third-order valence-electron chi connectivity index (χ3n) is 3.32. The van der Waals surface area contributed by atoms with Gasteiger partial charge in [0.2, 0.25) is 0 Å². The van der Waals surface area contributed by atoms with E-state index in [2.05, 4.69) is 26.1 Å². The molecule has 1 aromatic carbocycles. The second kappa shape index (κ2) is 3.51. The Hall–Kier alpha value is -1.05. The maximum Gasteiger partial charge on any atom is 0.146 e. The largest absolute Gasteiger partial charge is 0.382 e. The van der Waals surface area contributed by atoms with Crippen LogP contribution in [-0.4, -0.2) is 6.54 Å². The summed E-state index contributed by atoms with van der Waals surface area (Å²) in [6.45, 7) is 7.59. The molecule has 0 radical (unpaired) electrons. The van der Waals surface area contributed by atoms with Gasteiger partial charge in [-0.15, -0.1) is 0 Å². The molecule has 0 aromatic heterocycles. The van der Waals surface area contributed by atoms with Crippen molar-refractivity contribution in [3.05, 3.63) is 29.6 Å². The lowest BCUT2D eigenvalue weighted by Crippen LogP contribution is -2.33. The minimum Gasteiger partial charge on any atom is -0.382 e. The second-order valence-electron chi connectivity index (χ2n) is 5.42. The van der Waals surface area contributed by atoms with Gasteiger partial charge in [0, 0.05) is 6.54 Å². The van der Waals surface area contributed by atoms with Crippen molar-refractivity contribution in [2.45, 2.75) is 27.2 Å². The van der Waals surface area contributed by atoms with E-state index in [1.54, 1.807) is 6.07 Å². The van der Waals surface area contributed by atoms with Crippen molar-refractivity contribution < 1.29 is 4.39 Å². The van der Waals surface area contributed by atoms with Crippen LogP contribution in [0.3, 0.4) is 0 Å². The zero-order valence-corrected chi connectivity index (χ0v) is 9.60. The Morgan fingerprint density at radius 2 is 2.07 bits per heavy atom. The number of halogens is 1. The van der Waals surface area contributed by atoms with Gasteiger partial charge in [-0.1, -0.05) is 32.9 Å². The molecule has 0 spiro atoms. The van der Waals surface area contributed by atoms with E-state index in [-0.39, 0.29) is 11.2 Å². The predicted molar refractivity (Wildman–Crippen MR) is 61.5 cm³/mol. The number of nitrogens with one attached hydrogen (secondary N) is 1. The molecular weight excluding hydrogens is 189 g/mol. The van der Waals surface area contributed by atoms with E-state index >= 15 is 0 Å². The summed E-state index contributed by atoms with van der Waals surface area (Å²) in [4.78, 5) is 0. The maximum absolute atomic E-state index is 13.4. The highest BCUT2D eigenvalue weighted by Crippen LogP contribution is 2.35. The summed E-state index contributed by atoms with van der Waals surface area (Å²) < 4.78 is 13.4. The monoisotopic (exact) mass is 207 g/mol. The van der Waals surface area contributed by atoms with E-state index in [9.17, 15) is 4.39 Å². The van der Waals surface area contributed by atoms with Crippen molar-refractivity contribution in [3.63, 3.8) is 0 Å². The third kappa shape index (κ3) is 1.99. The Morgan fingerprint density at radius 1 is 1.33 bits per heavy atom. The average molecular weight is 207 g/mol. The zero-order chi connectivity index (χ0) is 11.1. The summed E-state index contributed by atoms with van der Waals surface area (Å²) in [6.07, 6.45) is 0.976. The van der Waals surface area contributed by atoms with Crippen LogP contribution < -0.4 is 5.32 Å². The molecular formula is C13H18FN. The molecule has 0 saturated heterocycles. The Morgan fingerprint density at radius 3 is 2.73 bits per heavy atom. The van der Waals surface area contributed by atoms with Crippen molar-refractivity contribution in [1.82, 2.24) is 0 Å². The molecule has 0 aliphatic carbocycles. The summed E-state index contributed by atoms with van der Waals surface area (Å²) >= 11 is 0. The first kappa shape index (κ1) is 10.5. The standard InChI is InChI=1S/C13H18FN/c1-13(2,3)10-7-9-5-4-6-11(14)12(9)15-8-10/h4-6,10,15H,7-8H2,1-3H3. The van der Waals surface area contributed by atoms with Gasteiger partial charge in [-0.3, -0.25) is 0 Å². The molecule has 1 atom stereocenters. The molecule has 82 valence electrons. The zero-order valence-electron chi connectivity index (χ0n) is 9.60. The van der Waals surface area contributed by atoms with E-state index < -0.39 is 0 Å². The predicted octanol–water partition coefficient (Wildman–Crippen LogP) is 3.46. The van der Waals surface area contributed by atoms with Crippen LogP contribution in [0.4, 0.5) is 10.1 Å². The van der Waals surface area contributed by atoms with Crippen LogP contribution in [0, 0.1) is 17.2 Å². The highest BCUT2D eigenvalue weighted by atomic mass is 19.1. The molecule has 0 bridgehead atoms. The second-order valence-corrected chi connectivity index (χ2v) is 5.42. The van der Waals surface area contributed by atoms with Crippen LogP contribution in [0.5, 0.6) is 0 Å². The van der Waals surface area contributed by atoms with E-state index in [1.165, 1.54) is 6.07 Å². The van der Waals surface area contributed by atoms with Gasteiger partial charge in [-0.05, 0) is 29.4 Å². The molecule has 1 aliphatic heterocycles.